The van der Waals surface area contributed by atoms with E-state index >= 15 is 0 Å². The zero-order valence-corrected chi connectivity index (χ0v) is 8.81. The summed E-state index contributed by atoms with van der Waals surface area (Å²) in [6.07, 6.45) is 0.0656. The van der Waals surface area contributed by atoms with Gasteiger partial charge in [-0.05, 0) is 0 Å². The molecule has 0 aliphatic carbocycles. The van der Waals surface area contributed by atoms with Crippen molar-refractivity contribution < 1.29 is 9.53 Å². The summed E-state index contributed by atoms with van der Waals surface area (Å²) in [6.45, 7) is 7.03. The van der Waals surface area contributed by atoms with Crippen molar-refractivity contribution in [3.05, 3.63) is 12.2 Å². The molecule has 0 N–H and O–H groups in total. The fraction of sp³-hybridized carbons (Fsp3) is 0.571. The first-order chi connectivity index (χ1) is 4.57. The number of carbonyl (C=O) groups excluding carboxylic acids is 1. The molecular weight excluding hydrogens is 139 g/mol. The van der Waals surface area contributed by atoms with Gasteiger partial charge in [0.05, 0.1) is 0 Å². The third kappa shape index (κ3) is 4.09. The van der Waals surface area contributed by atoms with E-state index in [2.05, 4.69) is 6.58 Å². The van der Waals surface area contributed by atoms with E-state index in [1.807, 2.05) is 6.92 Å². The molecule has 3 heteroatoms. The van der Waals surface area contributed by atoms with Gasteiger partial charge in [-0.15, -0.1) is 0 Å². The minimum absolute atomic E-state index is 0.0656. The van der Waals surface area contributed by atoms with Crippen LogP contribution in [0.15, 0.2) is 12.2 Å². The van der Waals surface area contributed by atoms with Crippen molar-refractivity contribution in [3.63, 3.8) is 0 Å². The first-order valence-electron chi connectivity index (χ1n) is 3.44. The Morgan fingerprint density at radius 2 is 2.30 bits per heavy atom. The van der Waals surface area contributed by atoms with Crippen LogP contribution in [-0.4, -0.2) is 40.0 Å². The Hall–Kier alpha value is 0.210. The second-order valence-electron chi connectivity index (χ2n) is 2.40. The Kier molecular flexibility index (Phi) is 5.04. The molecule has 52 valence electrons. The SMILES string of the molecule is C=C(C)C(=O)OC(C)[CH2][Na]. The Morgan fingerprint density at radius 1 is 1.80 bits per heavy atom. The average Bonchev–Trinajstić information content (AvgIpc) is 1.87. The van der Waals surface area contributed by atoms with Gasteiger partial charge in [-0.3, -0.25) is 0 Å². The van der Waals surface area contributed by atoms with E-state index in [4.69, 9.17) is 4.74 Å². The van der Waals surface area contributed by atoms with Gasteiger partial charge < -0.3 is 0 Å². The second-order valence-corrected chi connectivity index (χ2v) is 3.22. The van der Waals surface area contributed by atoms with Gasteiger partial charge in [-0.2, -0.15) is 0 Å². The molecule has 1 atom stereocenters. The molecule has 0 rings (SSSR count). The molecule has 0 bridgehead atoms. The summed E-state index contributed by atoms with van der Waals surface area (Å²) in [6, 6.07) is 0. The zero-order valence-electron chi connectivity index (χ0n) is 6.81. The normalized spacial score (nSPS) is 12.4. The van der Waals surface area contributed by atoms with Crippen LogP contribution in [0, 0.1) is 0 Å². The van der Waals surface area contributed by atoms with Crippen LogP contribution in [0.1, 0.15) is 13.8 Å². The third-order valence-electron chi connectivity index (χ3n) is 1.23. The van der Waals surface area contributed by atoms with Crippen molar-refractivity contribution in [1.82, 2.24) is 0 Å². The van der Waals surface area contributed by atoms with Crippen LogP contribution in [-0.2, 0) is 9.53 Å². The topological polar surface area (TPSA) is 26.3 Å². The van der Waals surface area contributed by atoms with E-state index in [-0.39, 0.29) is 12.1 Å². The van der Waals surface area contributed by atoms with Crippen molar-refractivity contribution in [2.75, 3.05) is 0 Å². The summed E-state index contributed by atoms with van der Waals surface area (Å²) in [4.78, 5) is 10.8. The second kappa shape index (κ2) is 4.94. The number of rotatable bonds is 3. The Labute approximate surface area is 79.0 Å². The molecule has 2 nitrogen and oxygen atoms in total. The van der Waals surface area contributed by atoms with Crippen LogP contribution in [0.4, 0.5) is 0 Å². The van der Waals surface area contributed by atoms with Crippen molar-refractivity contribution in [2.24, 2.45) is 0 Å². The van der Waals surface area contributed by atoms with Gasteiger partial charge in [0.25, 0.3) is 0 Å². The molecule has 1 unspecified atom stereocenters. The van der Waals surface area contributed by atoms with Crippen LogP contribution < -0.4 is 0 Å². The van der Waals surface area contributed by atoms with E-state index < -0.39 is 0 Å². The predicted molar refractivity (Wildman–Crippen MR) is 40.9 cm³/mol. The standard InChI is InChI=1S/C7H11O2.Na/c1-5(2)7(8)9-6(3)4;/h6H,1,3H2,2,4H3;. The summed E-state index contributed by atoms with van der Waals surface area (Å²) in [5.41, 5.74) is 0.474. The molecule has 0 aromatic carbocycles. The van der Waals surface area contributed by atoms with Crippen molar-refractivity contribution in [2.45, 2.75) is 23.6 Å². The van der Waals surface area contributed by atoms with E-state index in [1.54, 1.807) is 6.92 Å². The fourth-order valence-corrected chi connectivity index (χ4v) is 0.533. The van der Waals surface area contributed by atoms with E-state index in [1.165, 1.54) is 0 Å². The molecule has 0 amide bonds. The fourth-order valence-electron chi connectivity index (χ4n) is 0.367. The van der Waals surface area contributed by atoms with E-state index in [0.717, 1.165) is 31.6 Å². The van der Waals surface area contributed by atoms with Gasteiger partial charge in [0.1, 0.15) is 0 Å². The number of carbonyl (C=O) groups is 1. The summed E-state index contributed by atoms with van der Waals surface area (Å²) in [5, 5.41) is 0. The number of ether oxygens (including phenoxy) is 1. The van der Waals surface area contributed by atoms with Crippen LogP contribution >= 0.6 is 0 Å². The summed E-state index contributed by atoms with van der Waals surface area (Å²) >= 11 is 1.07. The van der Waals surface area contributed by atoms with Crippen molar-refractivity contribution >= 4 is 33.9 Å². The van der Waals surface area contributed by atoms with Gasteiger partial charge in [0.2, 0.25) is 0 Å². The molecule has 0 fully saturated rings. The van der Waals surface area contributed by atoms with Crippen LogP contribution in [0.2, 0.25) is 3.67 Å². The molecule has 0 aliphatic rings. The molecule has 0 radical (unpaired) electrons. The molecule has 0 heterocycles. The van der Waals surface area contributed by atoms with Crippen molar-refractivity contribution in [3.8, 4) is 0 Å². The number of hydrogen-bond acceptors (Lipinski definition) is 2. The van der Waals surface area contributed by atoms with Gasteiger partial charge in [0.15, 0.2) is 0 Å². The Balaban J connectivity index is 3.68. The molecule has 0 saturated heterocycles. The molecule has 0 aliphatic heterocycles. The summed E-state index contributed by atoms with van der Waals surface area (Å²) in [7, 11) is 0. The number of hydrogen-bond donors (Lipinski definition) is 0. The molecular formula is C7H11NaO2. The van der Waals surface area contributed by atoms with Crippen molar-refractivity contribution in [1.29, 1.82) is 0 Å². The van der Waals surface area contributed by atoms with Gasteiger partial charge in [0, 0.05) is 0 Å². The Morgan fingerprint density at radius 3 is 2.60 bits per heavy atom. The molecule has 10 heavy (non-hydrogen) atoms. The monoisotopic (exact) mass is 150 g/mol. The molecule has 0 spiro atoms. The molecule has 0 aromatic rings. The maximum atomic E-state index is 10.8. The third-order valence-corrected chi connectivity index (χ3v) is 2.38. The predicted octanol–water partition coefficient (Wildman–Crippen LogP) is 1.08. The maximum absolute atomic E-state index is 10.8. The van der Waals surface area contributed by atoms with Gasteiger partial charge >= 0.3 is 79.2 Å². The van der Waals surface area contributed by atoms with Gasteiger partial charge in [-0.25, -0.2) is 0 Å². The molecule has 0 saturated carbocycles. The molecule has 0 aromatic heterocycles. The quantitative estimate of drug-likeness (QED) is 0.342. The van der Waals surface area contributed by atoms with Crippen LogP contribution in [0.25, 0.3) is 0 Å². The summed E-state index contributed by atoms with van der Waals surface area (Å²) in [5.74, 6) is -0.275. The first-order valence-corrected chi connectivity index (χ1v) is 4.85. The number of esters is 1. The Bertz CT molecular complexity index is 143. The van der Waals surface area contributed by atoms with E-state index in [9.17, 15) is 4.79 Å². The van der Waals surface area contributed by atoms with Crippen LogP contribution in [0.5, 0.6) is 0 Å². The minimum atomic E-state index is -0.275. The van der Waals surface area contributed by atoms with E-state index in [0.29, 0.717) is 5.57 Å². The summed E-state index contributed by atoms with van der Waals surface area (Å²) < 4.78 is 5.94. The average molecular weight is 150 g/mol. The zero-order chi connectivity index (χ0) is 8.15. The van der Waals surface area contributed by atoms with Gasteiger partial charge in [-0.1, -0.05) is 0 Å². The first kappa shape index (κ1) is 10.2. The van der Waals surface area contributed by atoms with Crippen LogP contribution in [0.3, 0.4) is 0 Å².